The molecule has 3 amide bonds. The van der Waals surface area contributed by atoms with Crippen LogP contribution in [0, 0.1) is 12.3 Å². The Morgan fingerprint density at radius 2 is 1.81 bits per heavy atom. The minimum Gasteiger partial charge on any atom is -0.466 e. The third kappa shape index (κ3) is 9.35. The minimum absolute atomic E-state index is 0.0239. The Kier molecular flexibility index (Phi) is 12.0. The number of amides is 3. The molecule has 3 N–H and O–H groups in total. The number of ether oxygens (including phenoxy) is 1. The molecule has 2 aromatic rings. The number of thiazole rings is 1. The van der Waals surface area contributed by atoms with Crippen LogP contribution in [0.1, 0.15) is 77.5 Å². The van der Waals surface area contributed by atoms with Gasteiger partial charge in [0.25, 0.3) is 0 Å². The topological polar surface area (TPSA) is 138 Å². The highest BCUT2D eigenvalue weighted by Crippen LogP contribution is 2.28. The zero-order valence-electron chi connectivity index (χ0n) is 25.3. The van der Waals surface area contributed by atoms with Crippen LogP contribution in [-0.2, 0) is 30.5 Å². The van der Waals surface area contributed by atoms with E-state index in [1.807, 2.05) is 57.5 Å². The summed E-state index contributed by atoms with van der Waals surface area (Å²) < 4.78 is 4.92. The van der Waals surface area contributed by atoms with Crippen LogP contribution >= 0.6 is 11.3 Å². The van der Waals surface area contributed by atoms with Crippen molar-refractivity contribution in [2.75, 3.05) is 13.2 Å². The van der Waals surface area contributed by atoms with E-state index in [9.17, 15) is 24.3 Å². The highest BCUT2D eigenvalue weighted by Gasteiger charge is 2.44. The molecule has 1 saturated heterocycles. The fourth-order valence-corrected chi connectivity index (χ4v) is 5.79. The number of rotatable bonds is 13. The van der Waals surface area contributed by atoms with Gasteiger partial charge in [0.05, 0.1) is 28.8 Å². The molecule has 0 bridgehead atoms. The van der Waals surface area contributed by atoms with Gasteiger partial charge in [-0.1, -0.05) is 51.5 Å². The molecular formula is C31H44N4O6S. The molecule has 1 aliphatic rings. The van der Waals surface area contributed by atoms with Gasteiger partial charge >= 0.3 is 5.97 Å². The van der Waals surface area contributed by atoms with Gasteiger partial charge < -0.3 is 25.4 Å². The van der Waals surface area contributed by atoms with Crippen molar-refractivity contribution in [3.05, 3.63) is 41.0 Å². The number of aliphatic hydroxyl groups excluding tert-OH is 1. The number of carbonyl (C=O) groups is 4. The Labute approximate surface area is 252 Å². The van der Waals surface area contributed by atoms with Gasteiger partial charge in [-0.3, -0.25) is 19.2 Å². The molecule has 1 unspecified atom stereocenters. The number of nitrogens with zero attached hydrogens (tertiary/aromatic N) is 2. The molecule has 42 heavy (non-hydrogen) atoms. The van der Waals surface area contributed by atoms with Gasteiger partial charge in [-0.2, -0.15) is 0 Å². The summed E-state index contributed by atoms with van der Waals surface area (Å²) in [5.41, 5.74) is 4.14. The molecular weight excluding hydrogens is 556 g/mol. The van der Waals surface area contributed by atoms with E-state index in [0.29, 0.717) is 32.3 Å². The summed E-state index contributed by atoms with van der Waals surface area (Å²) in [7, 11) is 0. The van der Waals surface area contributed by atoms with Crippen LogP contribution in [-0.4, -0.2) is 70.0 Å². The summed E-state index contributed by atoms with van der Waals surface area (Å²) in [6, 6.07) is 6.18. The van der Waals surface area contributed by atoms with Gasteiger partial charge in [0.15, 0.2) is 0 Å². The molecule has 230 valence electrons. The van der Waals surface area contributed by atoms with Crippen LogP contribution in [0.5, 0.6) is 0 Å². The average molecular weight is 601 g/mol. The Balaban J connectivity index is 1.56. The van der Waals surface area contributed by atoms with Crippen LogP contribution in [0.25, 0.3) is 10.4 Å². The van der Waals surface area contributed by atoms with Crippen molar-refractivity contribution in [2.24, 2.45) is 5.41 Å². The number of aromatic nitrogens is 1. The lowest BCUT2D eigenvalue weighted by Crippen LogP contribution is -2.57. The van der Waals surface area contributed by atoms with Gasteiger partial charge in [0.2, 0.25) is 17.7 Å². The second-order valence-corrected chi connectivity index (χ2v) is 12.7. The summed E-state index contributed by atoms with van der Waals surface area (Å²) in [6.45, 7) is 9.95. The molecule has 10 nitrogen and oxygen atoms in total. The van der Waals surface area contributed by atoms with Crippen molar-refractivity contribution in [2.45, 2.75) is 97.9 Å². The number of benzene rings is 1. The SMILES string of the molecule is CCOC(=O)CCCCCC(=O)NC(C(=O)N1C[C@H](O)C[C@H]1C(=O)NCc1ccc(-c2scnc2C)cc1)C(C)(C)C. The zero-order chi connectivity index (χ0) is 30.9. The molecule has 0 radical (unpaired) electrons. The number of esters is 1. The summed E-state index contributed by atoms with van der Waals surface area (Å²) in [5.74, 6) is -1.24. The third-order valence-corrected chi connectivity index (χ3v) is 8.28. The van der Waals surface area contributed by atoms with E-state index in [4.69, 9.17) is 4.74 Å². The van der Waals surface area contributed by atoms with Crippen molar-refractivity contribution in [3.63, 3.8) is 0 Å². The van der Waals surface area contributed by atoms with Crippen LogP contribution in [0.4, 0.5) is 0 Å². The van der Waals surface area contributed by atoms with E-state index in [2.05, 4.69) is 15.6 Å². The fraction of sp³-hybridized carbons (Fsp3) is 0.581. The summed E-state index contributed by atoms with van der Waals surface area (Å²) in [4.78, 5) is 58.0. The summed E-state index contributed by atoms with van der Waals surface area (Å²) in [6.07, 6.45) is 1.73. The smallest absolute Gasteiger partial charge is 0.305 e. The quantitative estimate of drug-likeness (QED) is 0.235. The molecule has 0 aliphatic carbocycles. The lowest BCUT2D eigenvalue weighted by Gasteiger charge is -2.35. The first-order chi connectivity index (χ1) is 19.9. The number of β-amino-alcohol motifs (C(OH)–C–C–N with tert-alkyl or cyclic N) is 1. The van der Waals surface area contributed by atoms with E-state index in [-0.39, 0.29) is 49.6 Å². The lowest BCUT2D eigenvalue weighted by atomic mass is 9.85. The van der Waals surface area contributed by atoms with Crippen molar-refractivity contribution in [3.8, 4) is 10.4 Å². The number of aliphatic hydroxyl groups is 1. The number of carbonyl (C=O) groups excluding carboxylic acids is 4. The number of aryl methyl sites for hydroxylation is 1. The number of unbranched alkanes of at least 4 members (excludes halogenated alkanes) is 2. The number of nitrogens with one attached hydrogen (secondary N) is 2. The van der Waals surface area contributed by atoms with Crippen molar-refractivity contribution >= 4 is 35.0 Å². The maximum atomic E-state index is 13.7. The Morgan fingerprint density at radius 3 is 2.43 bits per heavy atom. The Morgan fingerprint density at radius 1 is 1.12 bits per heavy atom. The normalized spacial score (nSPS) is 17.5. The number of hydrogen-bond donors (Lipinski definition) is 3. The van der Waals surface area contributed by atoms with E-state index >= 15 is 0 Å². The first-order valence-corrected chi connectivity index (χ1v) is 15.5. The number of hydrogen-bond acceptors (Lipinski definition) is 8. The van der Waals surface area contributed by atoms with Gasteiger partial charge in [-0.25, -0.2) is 4.98 Å². The van der Waals surface area contributed by atoms with Crippen molar-refractivity contribution in [1.82, 2.24) is 20.5 Å². The maximum Gasteiger partial charge on any atom is 0.305 e. The van der Waals surface area contributed by atoms with Crippen molar-refractivity contribution in [1.29, 1.82) is 0 Å². The predicted molar refractivity (Wildman–Crippen MR) is 161 cm³/mol. The van der Waals surface area contributed by atoms with Gasteiger partial charge in [0.1, 0.15) is 12.1 Å². The molecule has 11 heteroatoms. The molecule has 1 aromatic carbocycles. The summed E-state index contributed by atoms with van der Waals surface area (Å²) >= 11 is 1.58. The van der Waals surface area contributed by atoms with E-state index in [0.717, 1.165) is 21.7 Å². The second-order valence-electron chi connectivity index (χ2n) is 11.8. The molecule has 3 rings (SSSR count). The predicted octanol–water partition coefficient (Wildman–Crippen LogP) is 3.74. The first kappa shape index (κ1) is 33.2. The third-order valence-electron chi connectivity index (χ3n) is 7.30. The van der Waals surface area contributed by atoms with E-state index < -0.39 is 23.6 Å². The molecule has 0 spiro atoms. The van der Waals surface area contributed by atoms with Crippen LogP contribution in [0.2, 0.25) is 0 Å². The van der Waals surface area contributed by atoms with Gasteiger partial charge in [-0.05, 0) is 43.2 Å². The molecule has 1 fully saturated rings. The Hall–Kier alpha value is -3.31. The largest absolute Gasteiger partial charge is 0.466 e. The fourth-order valence-electron chi connectivity index (χ4n) is 4.98. The maximum absolute atomic E-state index is 13.7. The molecule has 0 saturated carbocycles. The second kappa shape index (κ2) is 15.2. The molecule has 2 heterocycles. The first-order valence-electron chi connectivity index (χ1n) is 14.6. The highest BCUT2D eigenvalue weighted by atomic mass is 32.1. The molecule has 3 atom stereocenters. The Bertz CT molecular complexity index is 1220. The average Bonchev–Trinajstić information content (AvgIpc) is 3.55. The van der Waals surface area contributed by atoms with Crippen molar-refractivity contribution < 1.29 is 29.0 Å². The monoisotopic (exact) mass is 600 g/mol. The highest BCUT2D eigenvalue weighted by molar-refractivity contribution is 7.13. The van der Waals surface area contributed by atoms with Crippen LogP contribution < -0.4 is 10.6 Å². The molecule has 1 aliphatic heterocycles. The molecule has 1 aromatic heterocycles. The number of likely N-dealkylation sites (tertiary alicyclic amines) is 1. The standard InChI is InChI=1S/C31H44N4O6S/c1-6-41-26(38)11-9-7-8-10-25(37)34-28(31(3,4)5)30(40)35-18-23(36)16-24(35)29(39)32-17-21-12-14-22(15-13-21)27-20(2)33-19-42-27/h12-15,19,23-24,28,36H,6-11,16-18H2,1-5H3,(H,32,39)(H,34,37)/t23-,24+,28?/m1/s1. The summed E-state index contributed by atoms with van der Waals surface area (Å²) in [5, 5.41) is 16.2. The van der Waals surface area contributed by atoms with E-state index in [1.54, 1.807) is 18.3 Å². The van der Waals surface area contributed by atoms with E-state index in [1.165, 1.54) is 4.90 Å². The minimum atomic E-state index is -0.868. The zero-order valence-corrected chi connectivity index (χ0v) is 26.1. The van der Waals surface area contributed by atoms with Gasteiger partial charge in [0, 0.05) is 32.4 Å². The van der Waals surface area contributed by atoms with Crippen LogP contribution in [0.3, 0.4) is 0 Å². The van der Waals surface area contributed by atoms with Gasteiger partial charge in [-0.15, -0.1) is 11.3 Å². The lowest BCUT2D eigenvalue weighted by molar-refractivity contribution is -0.144. The van der Waals surface area contributed by atoms with Crippen LogP contribution in [0.15, 0.2) is 29.8 Å².